The number of anilines is 2. The quantitative estimate of drug-likeness (QED) is 0.926. The molecule has 0 saturated carbocycles. The van der Waals surface area contributed by atoms with Crippen LogP contribution in [0.25, 0.3) is 0 Å². The number of halogens is 1. The van der Waals surface area contributed by atoms with E-state index < -0.39 is 0 Å². The number of aromatic amines is 1. The van der Waals surface area contributed by atoms with Crippen molar-refractivity contribution >= 4 is 11.5 Å². The van der Waals surface area contributed by atoms with Crippen molar-refractivity contribution in [1.29, 1.82) is 0 Å². The number of morpholine rings is 1. The van der Waals surface area contributed by atoms with Crippen LogP contribution in [0.4, 0.5) is 15.9 Å². The number of benzene rings is 1. The number of piperidine rings is 1. The summed E-state index contributed by atoms with van der Waals surface area (Å²) in [4.78, 5) is 4.57. The zero-order valence-electron chi connectivity index (χ0n) is 14.5. The molecule has 1 aromatic heterocycles. The molecule has 3 heterocycles. The summed E-state index contributed by atoms with van der Waals surface area (Å²) in [6, 6.07) is 9.10. The molecule has 0 radical (unpaired) electrons. The standard InChI is InChI=1S/C19H25FN4O/c20-16-4-1-5-18(12-16)24-6-2-3-15(14-24)11-17-13-19(22-21-17)23-7-9-25-10-8-23/h1,4-5,12-13,15H,2-3,6-11,14H2,(H,21,22)/t15-/m1/s1. The predicted octanol–water partition coefficient (Wildman–Crippen LogP) is 2.84. The van der Waals surface area contributed by atoms with Gasteiger partial charge < -0.3 is 14.5 Å². The molecular formula is C19H25FN4O. The van der Waals surface area contributed by atoms with Gasteiger partial charge in [0.15, 0.2) is 5.82 Å². The van der Waals surface area contributed by atoms with E-state index in [1.54, 1.807) is 12.1 Å². The molecule has 25 heavy (non-hydrogen) atoms. The predicted molar refractivity (Wildman–Crippen MR) is 96.7 cm³/mol. The topological polar surface area (TPSA) is 44.4 Å². The molecule has 4 rings (SSSR count). The first-order valence-electron chi connectivity index (χ1n) is 9.15. The Morgan fingerprint density at radius 3 is 2.88 bits per heavy atom. The molecule has 0 amide bonds. The van der Waals surface area contributed by atoms with Crippen molar-refractivity contribution in [3.8, 4) is 0 Å². The van der Waals surface area contributed by atoms with Gasteiger partial charge in [0.05, 0.1) is 13.2 Å². The minimum absolute atomic E-state index is 0.164. The van der Waals surface area contributed by atoms with Crippen LogP contribution in [0.3, 0.4) is 0 Å². The summed E-state index contributed by atoms with van der Waals surface area (Å²) in [5.41, 5.74) is 2.18. The number of nitrogens with zero attached hydrogens (tertiary/aromatic N) is 3. The third kappa shape index (κ3) is 3.95. The maximum Gasteiger partial charge on any atom is 0.150 e. The van der Waals surface area contributed by atoms with E-state index in [0.717, 1.165) is 63.7 Å². The largest absolute Gasteiger partial charge is 0.378 e. The van der Waals surface area contributed by atoms with Crippen LogP contribution in [0.15, 0.2) is 30.3 Å². The zero-order chi connectivity index (χ0) is 17.1. The SMILES string of the molecule is Fc1cccc(N2CCC[C@H](Cc3cc(N4CCOCC4)n[nH]3)C2)c1. The van der Waals surface area contributed by atoms with E-state index in [0.29, 0.717) is 5.92 Å². The van der Waals surface area contributed by atoms with Gasteiger partial charge >= 0.3 is 0 Å². The zero-order valence-corrected chi connectivity index (χ0v) is 14.5. The van der Waals surface area contributed by atoms with Gasteiger partial charge in [0.2, 0.25) is 0 Å². The minimum Gasteiger partial charge on any atom is -0.378 e. The molecule has 2 saturated heterocycles. The first-order chi connectivity index (χ1) is 12.3. The van der Waals surface area contributed by atoms with E-state index >= 15 is 0 Å². The highest BCUT2D eigenvalue weighted by Gasteiger charge is 2.22. The number of aromatic nitrogens is 2. The van der Waals surface area contributed by atoms with Crippen LogP contribution in [-0.2, 0) is 11.2 Å². The van der Waals surface area contributed by atoms with Crippen LogP contribution in [0, 0.1) is 11.7 Å². The number of nitrogens with one attached hydrogen (secondary N) is 1. The van der Waals surface area contributed by atoms with Gasteiger partial charge in [-0.15, -0.1) is 0 Å². The van der Waals surface area contributed by atoms with Gasteiger partial charge in [0, 0.05) is 43.6 Å². The Morgan fingerprint density at radius 2 is 2.04 bits per heavy atom. The second-order valence-electron chi connectivity index (χ2n) is 6.99. The highest BCUT2D eigenvalue weighted by molar-refractivity contribution is 5.47. The maximum absolute atomic E-state index is 13.5. The van der Waals surface area contributed by atoms with Crippen molar-refractivity contribution in [1.82, 2.24) is 10.2 Å². The number of H-pyrrole nitrogens is 1. The number of rotatable bonds is 4. The van der Waals surface area contributed by atoms with Gasteiger partial charge in [-0.3, -0.25) is 5.10 Å². The molecule has 2 aromatic rings. The van der Waals surface area contributed by atoms with Gasteiger partial charge in [-0.25, -0.2) is 4.39 Å². The molecule has 1 atom stereocenters. The average Bonchev–Trinajstić information content (AvgIpc) is 3.11. The van der Waals surface area contributed by atoms with Crippen molar-refractivity contribution in [3.05, 3.63) is 41.8 Å². The molecule has 0 spiro atoms. The van der Waals surface area contributed by atoms with E-state index in [-0.39, 0.29) is 5.82 Å². The second kappa shape index (κ2) is 7.44. The molecule has 1 aromatic carbocycles. The van der Waals surface area contributed by atoms with Gasteiger partial charge in [-0.1, -0.05) is 6.07 Å². The molecule has 0 aliphatic carbocycles. The number of ether oxygens (including phenoxy) is 1. The fraction of sp³-hybridized carbons (Fsp3) is 0.526. The van der Waals surface area contributed by atoms with E-state index in [9.17, 15) is 4.39 Å². The third-order valence-corrected chi connectivity index (χ3v) is 5.15. The summed E-state index contributed by atoms with van der Waals surface area (Å²) in [7, 11) is 0. The smallest absolute Gasteiger partial charge is 0.150 e. The molecular weight excluding hydrogens is 319 g/mol. The Kier molecular flexibility index (Phi) is 4.88. The lowest BCUT2D eigenvalue weighted by Gasteiger charge is -2.34. The Morgan fingerprint density at radius 1 is 1.16 bits per heavy atom. The van der Waals surface area contributed by atoms with Crippen LogP contribution < -0.4 is 9.80 Å². The van der Waals surface area contributed by atoms with Crippen molar-refractivity contribution in [3.63, 3.8) is 0 Å². The third-order valence-electron chi connectivity index (χ3n) is 5.15. The molecule has 134 valence electrons. The van der Waals surface area contributed by atoms with Crippen LogP contribution in [0.2, 0.25) is 0 Å². The number of hydrogen-bond donors (Lipinski definition) is 1. The summed E-state index contributed by atoms with van der Waals surface area (Å²) in [6.07, 6.45) is 3.34. The summed E-state index contributed by atoms with van der Waals surface area (Å²) in [5, 5.41) is 7.68. The summed E-state index contributed by atoms with van der Waals surface area (Å²) < 4.78 is 18.9. The lowest BCUT2D eigenvalue weighted by Crippen LogP contribution is -2.36. The molecule has 2 fully saturated rings. The van der Waals surface area contributed by atoms with Crippen molar-refractivity contribution < 1.29 is 9.13 Å². The Labute approximate surface area is 147 Å². The van der Waals surface area contributed by atoms with Crippen molar-refractivity contribution in [2.45, 2.75) is 19.3 Å². The molecule has 0 bridgehead atoms. The van der Waals surface area contributed by atoms with Crippen LogP contribution in [-0.4, -0.2) is 49.6 Å². The Hall–Kier alpha value is -2.08. The lowest BCUT2D eigenvalue weighted by atomic mass is 9.93. The Balaban J connectivity index is 1.38. The van der Waals surface area contributed by atoms with Gasteiger partial charge in [-0.2, -0.15) is 5.10 Å². The lowest BCUT2D eigenvalue weighted by molar-refractivity contribution is 0.122. The number of hydrogen-bond acceptors (Lipinski definition) is 4. The average molecular weight is 344 g/mol. The normalized spacial score (nSPS) is 21.6. The molecule has 0 unspecified atom stereocenters. The van der Waals surface area contributed by atoms with E-state index in [2.05, 4.69) is 26.1 Å². The first kappa shape index (κ1) is 16.4. The fourth-order valence-corrected chi connectivity index (χ4v) is 3.86. The summed E-state index contributed by atoms with van der Waals surface area (Å²) >= 11 is 0. The van der Waals surface area contributed by atoms with E-state index in [1.807, 2.05) is 6.07 Å². The highest BCUT2D eigenvalue weighted by atomic mass is 19.1. The monoisotopic (exact) mass is 344 g/mol. The van der Waals surface area contributed by atoms with Crippen LogP contribution >= 0.6 is 0 Å². The first-order valence-corrected chi connectivity index (χ1v) is 9.15. The fourth-order valence-electron chi connectivity index (χ4n) is 3.86. The molecule has 1 N–H and O–H groups in total. The molecule has 5 nitrogen and oxygen atoms in total. The van der Waals surface area contributed by atoms with Crippen molar-refractivity contribution in [2.24, 2.45) is 5.92 Å². The van der Waals surface area contributed by atoms with Gasteiger partial charge in [0.25, 0.3) is 0 Å². The van der Waals surface area contributed by atoms with Crippen molar-refractivity contribution in [2.75, 3.05) is 49.2 Å². The van der Waals surface area contributed by atoms with Crippen LogP contribution in [0.1, 0.15) is 18.5 Å². The molecule has 6 heteroatoms. The highest BCUT2D eigenvalue weighted by Crippen LogP contribution is 2.26. The summed E-state index contributed by atoms with van der Waals surface area (Å²) in [6.45, 7) is 5.32. The molecule has 2 aliphatic rings. The second-order valence-corrected chi connectivity index (χ2v) is 6.99. The van der Waals surface area contributed by atoms with Gasteiger partial charge in [-0.05, 0) is 43.4 Å². The van der Waals surface area contributed by atoms with Crippen LogP contribution in [0.5, 0.6) is 0 Å². The summed E-state index contributed by atoms with van der Waals surface area (Å²) in [5.74, 6) is 1.43. The van der Waals surface area contributed by atoms with E-state index in [1.165, 1.54) is 18.2 Å². The maximum atomic E-state index is 13.5. The Bertz CT molecular complexity index is 698. The minimum atomic E-state index is -0.164. The molecule has 2 aliphatic heterocycles. The van der Waals surface area contributed by atoms with Gasteiger partial charge in [0.1, 0.15) is 5.82 Å². The van der Waals surface area contributed by atoms with E-state index in [4.69, 9.17) is 4.74 Å².